The molecule has 2 aromatic carbocycles. The van der Waals surface area contributed by atoms with Crippen LogP contribution in [0.3, 0.4) is 0 Å². The Labute approximate surface area is 224 Å². The molecule has 0 bridgehead atoms. The van der Waals surface area contributed by atoms with Gasteiger partial charge in [0.05, 0.1) is 35.7 Å². The van der Waals surface area contributed by atoms with Gasteiger partial charge >= 0.3 is 5.97 Å². The van der Waals surface area contributed by atoms with Gasteiger partial charge in [-0.1, -0.05) is 23.7 Å². The number of nitrogens with zero attached hydrogens (tertiary/aromatic N) is 3. The molecule has 0 spiro atoms. The fourth-order valence-electron chi connectivity index (χ4n) is 4.92. The van der Waals surface area contributed by atoms with Gasteiger partial charge in [0.25, 0.3) is 5.91 Å². The summed E-state index contributed by atoms with van der Waals surface area (Å²) in [5.41, 5.74) is 3.47. The molecule has 0 unspecified atom stereocenters. The lowest BCUT2D eigenvalue weighted by molar-refractivity contribution is -0.142. The van der Waals surface area contributed by atoms with E-state index >= 15 is 0 Å². The van der Waals surface area contributed by atoms with Gasteiger partial charge in [-0.3, -0.25) is 14.6 Å². The van der Waals surface area contributed by atoms with Crippen molar-refractivity contribution in [3.8, 4) is 11.5 Å². The summed E-state index contributed by atoms with van der Waals surface area (Å²) in [5, 5.41) is 0.998. The molecule has 1 fully saturated rings. The molecule has 1 saturated carbocycles. The number of pyridine rings is 1. The Morgan fingerprint density at radius 3 is 2.71 bits per heavy atom. The van der Waals surface area contributed by atoms with E-state index in [1.165, 1.54) is 25.3 Å². The summed E-state index contributed by atoms with van der Waals surface area (Å²) in [4.78, 5) is 34.3. The van der Waals surface area contributed by atoms with Crippen molar-refractivity contribution in [3.63, 3.8) is 0 Å². The molecule has 4 aromatic rings. The minimum absolute atomic E-state index is 0.0626. The monoisotopic (exact) mass is 531 g/mol. The number of benzene rings is 2. The first kappa shape index (κ1) is 24.3. The minimum Gasteiger partial charge on any atom is -0.466 e. The van der Waals surface area contributed by atoms with E-state index in [4.69, 9.17) is 25.5 Å². The van der Waals surface area contributed by atoms with Gasteiger partial charge in [-0.15, -0.1) is 0 Å². The minimum atomic E-state index is -0.350. The van der Waals surface area contributed by atoms with Crippen LogP contribution in [0, 0.1) is 0 Å². The van der Waals surface area contributed by atoms with Gasteiger partial charge < -0.3 is 23.7 Å². The maximum Gasteiger partial charge on any atom is 0.310 e. The molecule has 2 aliphatic rings. The zero-order chi connectivity index (χ0) is 26.2. The number of rotatable bonds is 7. The zero-order valence-electron chi connectivity index (χ0n) is 20.9. The standard InChI is InChI=1S/C29H26ClN3O5/c1-2-36-28(34)13-18-17-37-26-15-22(30)27(14-20(18)26)38-25-9-10-31-16-21(25)29(35)33-12-11-32(19-7-8-19)23-5-3-4-6-24(23)33/h3-6,9-10,14-17,19H,2,7-8,11-13H2,1H3. The lowest BCUT2D eigenvalue weighted by Gasteiger charge is -2.38. The van der Waals surface area contributed by atoms with Crippen LogP contribution in [0.1, 0.15) is 35.7 Å². The Bertz CT molecular complexity index is 1530. The number of aromatic nitrogens is 1. The fourth-order valence-corrected chi connectivity index (χ4v) is 5.11. The van der Waals surface area contributed by atoms with Crippen molar-refractivity contribution >= 4 is 45.8 Å². The van der Waals surface area contributed by atoms with E-state index in [2.05, 4.69) is 16.0 Å². The Hall–Kier alpha value is -4.04. The molecule has 3 heterocycles. The Morgan fingerprint density at radius 1 is 1.11 bits per heavy atom. The predicted molar refractivity (Wildman–Crippen MR) is 144 cm³/mol. The van der Waals surface area contributed by atoms with Gasteiger partial charge in [0.15, 0.2) is 0 Å². The molecule has 0 saturated heterocycles. The van der Waals surface area contributed by atoms with Gasteiger partial charge in [-0.05, 0) is 44.0 Å². The topological polar surface area (TPSA) is 85.1 Å². The molecule has 9 heteroatoms. The smallest absolute Gasteiger partial charge is 0.310 e. The van der Waals surface area contributed by atoms with E-state index in [9.17, 15) is 9.59 Å². The summed E-state index contributed by atoms with van der Waals surface area (Å²) in [7, 11) is 0. The zero-order valence-corrected chi connectivity index (χ0v) is 21.6. The lowest BCUT2D eigenvalue weighted by Crippen LogP contribution is -2.45. The van der Waals surface area contributed by atoms with Crippen molar-refractivity contribution in [2.24, 2.45) is 0 Å². The quantitative estimate of drug-likeness (QED) is 0.270. The van der Waals surface area contributed by atoms with Crippen LogP contribution in [0.4, 0.5) is 11.4 Å². The summed E-state index contributed by atoms with van der Waals surface area (Å²) in [6.45, 7) is 3.40. The number of amides is 1. The molecule has 1 aliphatic heterocycles. The molecule has 194 valence electrons. The highest BCUT2D eigenvalue weighted by molar-refractivity contribution is 6.32. The first-order chi connectivity index (χ1) is 18.5. The number of ether oxygens (including phenoxy) is 2. The summed E-state index contributed by atoms with van der Waals surface area (Å²) in [6, 6.07) is 13.6. The van der Waals surface area contributed by atoms with E-state index in [-0.39, 0.29) is 18.3 Å². The number of carbonyl (C=O) groups is 2. The van der Waals surface area contributed by atoms with Crippen LogP contribution in [-0.2, 0) is 16.0 Å². The van der Waals surface area contributed by atoms with Crippen LogP contribution in [0.2, 0.25) is 5.02 Å². The molecule has 0 atom stereocenters. The molecule has 38 heavy (non-hydrogen) atoms. The van der Waals surface area contributed by atoms with Crippen molar-refractivity contribution in [2.45, 2.75) is 32.2 Å². The van der Waals surface area contributed by atoms with E-state index in [1.807, 2.05) is 18.2 Å². The van der Waals surface area contributed by atoms with Gasteiger partial charge in [0, 0.05) is 48.5 Å². The number of halogens is 1. The third-order valence-corrected chi connectivity index (χ3v) is 7.15. The molecular weight excluding hydrogens is 506 g/mol. The highest BCUT2D eigenvalue weighted by Gasteiger charge is 2.36. The lowest BCUT2D eigenvalue weighted by atomic mass is 10.1. The Kier molecular flexibility index (Phi) is 6.41. The van der Waals surface area contributed by atoms with Crippen LogP contribution in [0.5, 0.6) is 11.5 Å². The van der Waals surface area contributed by atoms with Crippen LogP contribution in [0.15, 0.2) is 65.5 Å². The highest BCUT2D eigenvalue weighted by atomic mass is 35.5. The van der Waals surface area contributed by atoms with Crippen LogP contribution < -0.4 is 14.5 Å². The number of hydrogen-bond acceptors (Lipinski definition) is 7. The van der Waals surface area contributed by atoms with Crippen molar-refractivity contribution in [3.05, 3.63) is 77.3 Å². The second kappa shape index (κ2) is 10.0. The van der Waals surface area contributed by atoms with Crippen molar-refractivity contribution < 1.29 is 23.5 Å². The normalized spacial score (nSPS) is 14.9. The van der Waals surface area contributed by atoms with Crippen LogP contribution >= 0.6 is 11.6 Å². The van der Waals surface area contributed by atoms with E-state index in [0.717, 1.165) is 17.9 Å². The molecule has 1 aliphatic carbocycles. The Balaban J connectivity index is 1.31. The highest BCUT2D eigenvalue weighted by Crippen LogP contribution is 2.41. The molecule has 0 N–H and O–H groups in total. The van der Waals surface area contributed by atoms with Crippen LogP contribution in [0.25, 0.3) is 11.0 Å². The van der Waals surface area contributed by atoms with Gasteiger partial charge in [0.1, 0.15) is 22.6 Å². The molecule has 2 aromatic heterocycles. The van der Waals surface area contributed by atoms with Gasteiger partial charge in [-0.2, -0.15) is 0 Å². The third kappa shape index (κ3) is 4.56. The van der Waals surface area contributed by atoms with E-state index in [1.54, 1.807) is 36.2 Å². The second-order valence-electron chi connectivity index (χ2n) is 9.37. The predicted octanol–water partition coefficient (Wildman–Crippen LogP) is 6.01. The number of furan rings is 1. The maximum absolute atomic E-state index is 13.8. The Morgan fingerprint density at radius 2 is 1.92 bits per heavy atom. The summed E-state index contributed by atoms with van der Waals surface area (Å²) < 4.78 is 16.9. The maximum atomic E-state index is 13.8. The number of carbonyl (C=O) groups excluding carboxylic acids is 2. The average Bonchev–Trinajstić information content (AvgIpc) is 3.71. The average molecular weight is 532 g/mol. The van der Waals surface area contributed by atoms with Crippen molar-refractivity contribution in [1.29, 1.82) is 0 Å². The molecular formula is C29H26ClN3O5. The van der Waals surface area contributed by atoms with E-state index < -0.39 is 0 Å². The van der Waals surface area contributed by atoms with Crippen molar-refractivity contribution in [1.82, 2.24) is 4.98 Å². The summed E-state index contributed by atoms with van der Waals surface area (Å²) >= 11 is 6.52. The molecule has 8 nitrogen and oxygen atoms in total. The number of esters is 1. The van der Waals surface area contributed by atoms with Crippen LogP contribution in [-0.4, -0.2) is 42.6 Å². The first-order valence-corrected chi connectivity index (χ1v) is 13.1. The first-order valence-electron chi connectivity index (χ1n) is 12.7. The van der Waals surface area contributed by atoms with Crippen molar-refractivity contribution in [2.75, 3.05) is 29.5 Å². The third-order valence-electron chi connectivity index (χ3n) is 6.86. The number of hydrogen-bond donors (Lipinski definition) is 0. The van der Waals surface area contributed by atoms with Gasteiger partial charge in [-0.25, -0.2) is 0 Å². The second-order valence-corrected chi connectivity index (χ2v) is 9.77. The largest absolute Gasteiger partial charge is 0.466 e. The van der Waals surface area contributed by atoms with E-state index in [0.29, 0.717) is 57.8 Å². The SMILES string of the molecule is CCOC(=O)Cc1coc2cc(Cl)c(Oc3ccncc3C(=O)N3CCN(C4CC4)c4ccccc43)cc12. The molecule has 6 rings (SSSR count). The number of fused-ring (bicyclic) bond motifs is 2. The number of para-hydroxylation sites is 2. The molecule has 0 radical (unpaired) electrons. The fraction of sp³-hybridized carbons (Fsp3) is 0.276. The molecule has 1 amide bonds. The van der Waals surface area contributed by atoms with Gasteiger partial charge in [0.2, 0.25) is 0 Å². The number of anilines is 2. The summed E-state index contributed by atoms with van der Waals surface area (Å²) in [5.74, 6) is 0.130. The summed E-state index contributed by atoms with van der Waals surface area (Å²) in [6.07, 6.45) is 7.04.